The van der Waals surface area contributed by atoms with E-state index in [2.05, 4.69) is 19.0 Å². The van der Waals surface area contributed by atoms with E-state index >= 15 is 0 Å². The summed E-state index contributed by atoms with van der Waals surface area (Å²) in [4.78, 5) is 0.205. The van der Waals surface area contributed by atoms with Gasteiger partial charge in [-0.15, -0.1) is 0 Å². The number of amidine groups is 1. The predicted octanol–water partition coefficient (Wildman–Crippen LogP) is 2.33. The van der Waals surface area contributed by atoms with Crippen molar-refractivity contribution in [2.24, 2.45) is 16.8 Å². The Kier molecular flexibility index (Phi) is 7.04. The summed E-state index contributed by atoms with van der Waals surface area (Å²) in [7, 11) is -3.34. The van der Waals surface area contributed by atoms with Crippen molar-refractivity contribution >= 4 is 27.4 Å². The Hall–Kier alpha value is -1.21. The minimum atomic E-state index is -3.34. The third kappa shape index (κ3) is 5.97. The second-order valence-corrected chi connectivity index (χ2v) is 8.46. The summed E-state index contributed by atoms with van der Waals surface area (Å²) < 4.78 is 24.5. The summed E-state index contributed by atoms with van der Waals surface area (Å²) in [5, 5.41) is 11.5. The van der Waals surface area contributed by atoms with Crippen LogP contribution in [0.15, 0.2) is 34.3 Å². The molecule has 0 spiro atoms. The lowest BCUT2D eigenvalue weighted by molar-refractivity contribution is 0.318. The van der Waals surface area contributed by atoms with Gasteiger partial charge in [0, 0.05) is 11.3 Å². The van der Waals surface area contributed by atoms with E-state index in [9.17, 15) is 8.42 Å². The Morgan fingerprint density at radius 2 is 2.10 bits per heavy atom. The molecule has 7 heteroatoms. The number of sulfone groups is 1. The number of hydrogen-bond donors (Lipinski definition) is 2. The van der Waals surface area contributed by atoms with Gasteiger partial charge in [0.15, 0.2) is 15.7 Å². The molecule has 1 aromatic carbocycles. The highest BCUT2D eigenvalue weighted by atomic mass is 32.2. The summed E-state index contributed by atoms with van der Waals surface area (Å²) >= 11 is 1.65. The molecule has 0 radical (unpaired) electrons. The summed E-state index contributed by atoms with van der Waals surface area (Å²) in [6.07, 6.45) is 1.09. The number of benzene rings is 1. The maximum atomic E-state index is 12.2. The molecule has 0 aliphatic heterocycles. The van der Waals surface area contributed by atoms with Gasteiger partial charge in [-0.25, -0.2) is 8.42 Å². The maximum Gasteiger partial charge on any atom is 0.179 e. The second-order valence-electron chi connectivity index (χ2n) is 5.13. The van der Waals surface area contributed by atoms with Crippen molar-refractivity contribution in [1.82, 2.24) is 0 Å². The third-order valence-corrected chi connectivity index (χ3v) is 5.92. The Bertz CT molecular complexity index is 584. The first-order valence-electron chi connectivity index (χ1n) is 6.75. The second kappa shape index (κ2) is 8.29. The first kappa shape index (κ1) is 17.8. The van der Waals surface area contributed by atoms with Gasteiger partial charge in [-0.05, 0) is 30.2 Å². The number of nitrogens with zero attached hydrogens (tertiary/aromatic N) is 1. The topological polar surface area (TPSA) is 92.8 Å². The average Bonchev–Trinajstić information content (AvgIpc) is 2.45. The fourth-order valence-electron chi connectivity index (χ4n) is 1.61. The highest BCUT2D eigenvalue weighted by Gasteiger charge is 2.15. The van der Waals surface area contributed by atoms with Gasteiger partial charge in [0.2, 0.25) is 0 Å². The molecule has 0 saturated carbocycles. The zero-order valence-corrected chi connectivity index (χ0v) is 14.0. The first-order valence-corrected chi connectivity index (χ1v) is 9.56. The van der Waals surface area contributed by atoms with E-state index in [1.165, 1.54) is 12.1 Å². The number of thioether (sulfide) groups is 1. The highest BCUT2D eigenvalue weighted by Crippen LogP contribution is 2.16. The largest absolute Gasteiger partial charge is 0.409 e. The lowest BCUT2D eigenvalue weighted by Crippen LogP contribution is -2.15. The molecule has 0 aliphatic rings. The van der Waals surface area contributed by atoms with Crippen molar-refractivity contribution in [3.63, 3.8) is 0 Å². The van der Waals surface area contributed by atoms with Gasteiger partial charge in [-0.1, -0.05) is 31.1 Å². The van der Waals surface area contributed by atoms with Crippen molar-refractivity contribution in [2.75, 3.05) is 17.3 Å². The number of nitrogens with two attached hydrogens (primary N) is 1. The van der Waals surface area contributed by atoms with Crippen LogP contribution in [-0.4, -0.2) is 36.7 Å². The Morgan fingerprint density at radius 1 is 1.38 bits per heavy atom. The van der Waals surface area contributed by atoms with E-state index in [0.29, 0.717) is 17.2 Å². The zero-order valence-electron chi connectivity index (χ0n) is 12.3. The van der Waals surface area contributed by atoms with Gasteiger partial charge in [-0.2, -0.15) is 11.8 Å². The average molecular weight is 330 g/mol. The Labute approximate surface area is 130 Å². The summed E-state index contributed by atoms with van der Waals surface area (Å²) in [5.74, 6) is 2.17. The Balaban J connectivity index is 2.66. The standard InChI is InChI=1S/C14H22N2O3S2/c1-11(2)6-7-20-8-9-21(18,19)13-5-3-4-12(10-13)14(15)16-17/h3-5,10-11,17H,6-9H2,1-2H3,(H2,15,16). The van der Waals surface area contributed by atoms with E-state index in [-0.39, 0.29) is 16.5 Å². The van der Waals surface area contributed by atoms with Gasteiger partial charge in [-0.3, -0.25) is 0 Å². The quantitative estimate of drug-likeness (QED) is 0.251. The molecule has 118 valence electrons. The summed E-state index contributed by atoms with van der Waals surface area (Å²) in [6, 6.07) is 6.16. The lowest BCUT2D eigenvalue weighted by Gasteiger charge is -2.07. The number of hydrogen-bond acceptors (Lipinski definition) is 5. The molecule has 0 unspecified atom stereocenters. The number of rotatable bonds is 8. The molecule has 0 aliphatic carbocycles. The molecular weight excluding hydrogens is 308 g/mol. The van der Waals surface area contributed by atoms with E-state index < -0.39 is 9.84 Å². The molecule has 1 rings (SSSR count). The third-order valence-electron chi connectivity index (χ3n) is 2.93. The molecule has 21 heavy (non-hydrogen) atoms. The predicted molar refractivity (Wildman–Crippen MR) is 87.8 cm³/mol. The van der Waals surface area contributed by atoms with E-state index in [4.69, 9.17) is 10.9 Å². The summed E-state index contributed by atoms with van der Waals surface area (Å²) in [6.45, 7) is 4.30. The van der Waals surface area contributed by atoms with Crippen molar-refractivity contribution < 1.29 is 13.6 Å². The molecule has 0 bridgehead atoms. The highest BCUT2D eigenvalue weighted by molar-refractivity contribution is 8.00. The maximum absolute atomic E-state index is 12.2. The van der Waals surface area contributed by atoms with Crippen LogP contribution in [0.2, 0.25) is 0 Å². The molecule has 0 saturated heterocycles. The molecule has 0 aromatic heterocycles. The Morgan fingerprint density at radius 3 is 2.71 bits per heavy atom. The molecular formula is C14H22N2O3S2. The van der Waals surface area contributed by atoms with Crippen LogP contribution in [0.5, 0.6) is 0 Å². The van der Waals surface area contributed by atoms with Crippen molar-refractivity contribution in [3.8, 4) is 0 Å². The van der Waals surface area contributed by atoms with Crippen molar-refractivity contribution in [3.05, 3.63) is 29.8 Å². The van der Waals surface area contributed by atoms with E-state index in [1.807, 2.05) is 0 Å². The van der Waals surface area contributed by atoms with Gasteiger partial charge in [0.25, 0.3) is 0 Å². The monoisotopic (exact) mass is 330 g/mol. The van der Waals surface area contributed by atoms with Crippen LogP contribution < -0.4 is 5.73 Å². The number of oxime groups is 1. The molecule has 0 heterocycles. The molecule has 0 fully saturated rings. The first-order chi connectivity index (χ1) is 9.86. The smallest absolute Gasteiger partial charge is 0.179 e. The van der Waals surface area contributed by atoms with Gasteiger partial charge < -0.3 is 10.9 Å². The molecule has 3 N–H and O–H groups in total. The van der Waals surface area contributed by atoms with Crippen LogP contribution in [0.4, 0.5) is 0 Å². The summed E-state index contributed by atoms with van der Waals surface area (Å²) in [5.41, 5.74) is 5.87. The van der Waals surface area contributed by atoms with Crippen LogP contribution in [0.3, 0.4) is 0 Å². The fraction of sp³-hybridized carbons (Fsp3) is 0.500. The normalized spacial score (nSPS) is 12.8. The minimum absolute atomic E-state index is 0.0926. The van der Waals surface area contributed by atoms with Crippen molar-refractivity contribution in [1.29, 1.82) is 0 Å². The fourth-order valence-corrected chi connectivity index (χ4v) is 4.63. The van der Waals surface area contributed by atoms with Crippen LogP contribution >= 0.6 is 11.8 Å². The van der Waals surface area contributed by atoms with Gasteiger partial charge in [0.05, 0.1) is 10.6 Å². The van der Waals surface area contributed by atoms with E-state index in [0.717, 1.165) is 12.2 Å². The minimum Gasteiger partial charge on any atom is -0.409 e. The lowest BCUT2D eigenvalue weighted by atomic mass is 10.2. The van der Waals surface area contributed by atoms with Crippen molar-refractivity contribution in [2.45, 2.75) is 25.2 Å². The van der Waals surface area contributed by atoms with Crippen LogP contribution in [-0.2, 0) is 9.84 Å². The van der Waals surface area contributed by atoms with Crippen LogP contribution in [0.1, 0.15) is 25.8 Å². The zero-order chi connectivity index (χ0) is 15.9. The van der Waals surface area contributed by atoms with Gasteiger partial charge in [0.1, 0.15) is 0 Å². The van der Waals surface area contributed by atoms with Crippen LogP contribution in [0.25, 0.3) is 0 Å². The molecule has 1 aromatic rings. The molecule has 0 atom stereocenters. The van der Waals surface area contributed by atoms with E-state index in [1.54, 1.807) is 23.9 Å². The van der Waals surface area contributed by atoms with Gasteiger partial charge >= 0.3 is 0 Å². The van der Waals surface area contributed by atoms with Crippen LogP contribution in [0, 0.1) is 5.92 Å². The SMILES string of the molecule is CC(C)CCSCCS(=O)(=O)c1cccc(/C(N)=N/O)c1. The molecule has 5 nitrogen and oxygen atoms in total. The molecule has 0 amide bonds.